The lowest BCUT2D eigenvalue weighted by molar-refractivity contribution is 0.606. The van der Waals surface area contributed by atoms with Gasteiger partial charge in [0.1, 0.15) is 17.0 Å². The number of rotatable bonds is 5. The second-order valence-electron chi connectivity index (χ2n) is 6.50. The van der Waals surface area contributed by atoms with Crippen LogP contribution in [0.2, 0.25) is 0 Å². The first kappa shape index (κ1) is 17.2. The molecule has 0 spiro atoms. The Kier molecular flexibility index (Phi) is 4.54. The number of sulfonamides is 1. The molecule has 0 amide bonds. The summed E-state index contributed by atoms with van der Waals surface area (Å²) in [7, 11) is -3.32. The third-order valence-electron chi connectivity index (χ3n) is 4.51. The maximum Gasteiger partial charge on any atom is 0.229 e. The molecule has 3 aromatic rings. The minimum Gasteiger partial charge on any atom is -0.365 e. The summed E-state index contributed by atoms with van der Waals surface area (Å²) in [5, 5.41) is 4.51. The van der Waals surface area contributed by atoms with E-state index in [0.717, 1.165) is 40.7 Å². The molecular formula is C18H20N4O2S2. The van der Waals surface area contributed by atoms with Crippen LogP contribution in [0.1, 0.15) is 28.8 Å². The Morgan fingerprint density at radius 2 is 1.96 bits per heavy atom. The van der Waals surface area contributed by atoms with E-state index in [2.05, 4.69) is 20.0 Å². The van der Waals surface area contributed by atoms with E-state index in [1.54, 1.807) is 23.7 Å². The maximum absolute atomic E-state index is 11.6. The molecule has 2 N–H and O–H groups in total. The molecule has 1 aromatic carbocycles. The topological polar surface area (TPSA) is 84.0 Å². The molecule has 0 saturated heterocycles. The number of benzene rings is 1. The zero-order valence-corrected chi connectivity index (χ0v) is 16.1. The SMILES string of the molecule is CS(=O)(=O)Nc1ccccc1CNc1ncnc2sc3c(c12)CCCC3. The van der Waals surface area contributed by atoms with Crippen molar-refractivity contribution >= 4 is 43.1 Å². The molecule has 26 heavy (non-hydrogen) atoms. The molecule has 1 aliphatic rings. The Balaban J connectivity index is 1.64. The smallest absolute Gasteiger partial charge is 0.229 e. The lowest BCUT2D eigenvalue weighted by Gasteiger charge is -2.14. The van der Waals surface area contributed by atoms with Crippen molar-refractivity contribution in [3.8, 4) is 0 Å². The van der Waals surface area contributed by atoms with Gasteiger partial charge in [-0.25, -0.2) is 18.4 Å². The number of thiophene rings is 1. The molecule has 2 aromatic heterocycles. The lowest BCUT2D eigenvalue weighted by Crippen LogP contribution is -2.13. The molecule has 4 rings (SSSR count). The molecule has 0 saturated carbocycles. The summed E-state index contributed by atoms with van der Waals surface area (Å²) >= 11 is 1.76. The fourth-order valence-corrected chi connectivity index (χ4v) is 5.20. The first-order chi connectivity index (χ1) is 12.5. The van der Waals surface area contributed by atoms with Gasteiger partial charge in [0.25, 0.3) is 0 Å². The number of aromatic nitrogens is 2. The van der Waals surface area contributed by atoms with Gasteiger partial charge < -0.3 is 5.32 Å². The van der Waals surface area contributed by atoms with E-state index in [4.69, 9.17) is 0 Å². The normalized spacial score (nSPS) is 14.2. The molecule has 1 aliphatic carbocycles. The third kappa shape index (κ3) is 3.52. The zero-order chi connectivity index (χ0) is 18.1. The van der Waals surface area contributed by atoms with E-state index in [1.165, 1.54) is 23.3 Å². The monoisotopic (exact) mass is 388 g/mol. The van der Waals surface area contributed by atoms with Crippen LogP contribution < -0.4 is 10.0 Å². The largest absolute Gasteiger partial charge is 0.365 e. The number of para-hydroxylation sites is 1. The molecule has 2 heterocycles. The predicted octanol–water partition coefficient (Wildman–Crippen LogP) is 3.55. The number of hydrogen-bond donors (Lipinski definition) is 2. The van der Waals surface area contributed by atoms with E-state index in [-0.39, 0.29) is 0 Å². The van der Waals surface area contributed by atoms with Gasteiger partial charge in [-0.3, -0.25) is 4.72 Å². The second-order valence-corrected chi connectivity index (χ2v) is 9.33. The average molecular weight is 389 g/mol. The van der Waals surface area contributed by atoms with Crippen LogP contribution in [0.25, 0.3) is 10.2 Å². The molecule has 8 heteroatoms. The van der Waals surface area contributed by atoms with Gasteiger partial charge in [-0.15, -0.1) is 11.3 Å². The van der Waals surface area contributed by atoms with Gasteiger partial charge in [-0.1, -0.05) is 18.2 Å². The molecule has 0 radical (unpaired) electrons. The summed E-state index contributed by atoms with van der Waals surface area (Å²) in [6.07, 6.45) is 7.38. The summed E-state index contributed by atoms with van der Waals surface area (Å²) < 4.78 is 25.7. The highest BCUT2D eigenvalue weighted by Gasteiger charge is 2.19. The van der Waals surface area contributed by atoms with Crippen molar-refractivity contribution in [1.82, 2.24) is 9.97 Å². The van der Waals surface area contributed by atoms with Gasteiger partial charge in [0.15, 0.2) is 0 Å². The van der Waals surface area contributed by atoms with E-state index >= 15 is 0 Å². The van der Waals surface area contributed by atoms with Crippen molar-refractivity contribution in [2.24, 2.45) is 0 Å². The summed E-state index contributed by atoms with van der Waals surface area (Å²) in [6, 6.07) is 7.38. The molecular weight excluding hydrogens is 368 g/mol. The standard InChI is InChI=1S/C18H20N4O2S2/c1-26(23,24)22-14-8-4-2-6-12(14)10-19-17-16-13-7-3-5-9-15(13)25-18(16)21-11-20-17/h2,4,6,8,11,22H,3,5,7,9-10H2,1H3,(H,19,20,21). The van der Waals surface area contributed by atoms with Crippen molar-refractivity contribution < 1.29 is 8.42 Å². The summed E-state index contributed by atoms with van der Waals surface area (Å²) in [5.74, 6) is 0.823. The molecule has 6 nitrogen and oxygen atoms in total. The number of anilines is 2. The zero-order valence-electron chi connectivity index (χ0n) is 14.4. The van der Waals surface area contributed by atoms with Gasteiger partial charge in [0.05, 0.1) is 17.3 Å². The van der Waals surface area contributed by atoms with Gasteiger partial charge in [-0.05, 0) is 42.9 Å². The van der Waals surface area contributed by atoms with Crippen LogP contribution in [0.5, 0.6) is 0 Å². The fraction of sp³-hybridized carbons (Fsp3) is 0.333. The predicted molar refractivity (Wildman–Crippen MR) is 106 cm³/mol. The average Bonchev–Trinajstić information content (AvgIpc) is 2.99. The quantitative estimate of drug-likeness (QED) is 0.698. The van der Waals surface area contributed by atoms with E-state index in [0.29, 0.717) is 12.2 Å². The fourth-order valence-electron chi connectivity index (χ4n) is 3.38. The van der Waals surface area contributed by atoms with Gasteiger partial charge in [-0.2, -0.15) is 0 Å². The Morgan fingerprint density at radius 3 is 2.81 bits per heavy atom. The third-order valence-corrected chi connectivity index (χ3v) is 6.30. The Bertz CT molecular complexity index is 1060. The molecule has 0 unspecified atom stereocenters. The summed E-state index contributed by atoms with van der Waals surface area (Å²) in [5.41, 5.74) is 2.83. The van der Waals surface area contributed by atoms with E-state index in [1.807, 2.05) is 18.2 Å². The maximum atomic E-state index is 11.6. The number of aryl methyl sites for hydroxylation is 2. The molecule has 0 bridgehead atoms. The Labute approximate surface area is 156 Å². The number of hydrogen-bond acceptors (Lipinski definition) is 6. The van der Waals surface area contributed by atoms with Crippen LogP contribution in [-0.4, -0.2) is 24.6 Å². The first-order valence-corrected chi connectivity index (χ1v) is 11.3. The van der Waals surface area contributed by atoms with Crippen LogP contribution in [0, 0.1) is 0 Å². The minimum atomic E-state index is -3.32. The first-order valence-electron chi connectivity index (χ1n) is 8.56. The van der Waals surface area contributed by atoms with Gasteiger partial charge in [0, 0.05) is 11.4 Å². The van der Waals surface area contributed by atoms with Crippen molar-refractivity contribution in [3.05, 3.63) is 46.6 Å². The van der Waals surface area contributed by atoms with Crippen LogP contribution >= 0.6 is 11.3 Å². The van der Waals surface area contributed by atoms with Crippen molar-refractivity contribution in [1.29, 1.82) is 0 Å². The van der Waals surface area contributed by atoms with Crippen LogP contribution in [0.15, 0.2) is 30.6 Å². The number of nitrogens with zero attached hydrogens (tertiary/aromatic N) is 2. The Morgan fingerprint density at radius 1 is 1.15 bits per heavy atom. The van der Waals surface area contributed by atoms with Gasteiger partial charge in [0.2, 0.25) is 10.0 Å². The van der Waals surface area contributed by atoms with E-state index in [9.17, 15) is 8.42 Å². The highest BCUT2D eigenvalue weighted by molar-refractivity contribution is 7.92. The highest BCUT2D eigenvalue weighted by Crippen LogP contribution is 2.38. The Hall–Kier alpha value is -2.19. The van der Waals surface area contributed by atoms with Crippen LogP contribution in [0.4, 0.5) is 11.5 Å². The molecule has 0 aliphatic heterocycles. The molecule has 136 valence electrons. The van der Waals surface area contributed by atoms with Crippen LogP contribution in [0.3, 0.4) is 0 Å². The van der Waals surface area contributed by atoms with Crippen LogP contribution in [-0.2, 0) is 29.4 Å². The number of fused-ring (bicyclic) bond motifs is 3. The van der Waals surface area contributed by atoms with Crippen molar-refractivity contribution in [3.63, 3.8) is 0 Å². The molecule has 0 fully saturated rings. The van der Waals surface area contributed by atoms with E-state index < -0.39 is 10.0 Å². The highest BCUT2D eigenvalue weighted by atomic mass is 32.2. The molecule has 0 atom stereocenters. The lowest BCUT2D eigenvalue weighted by atomic mass is 9.97. The summed E-state index contributed by atoms with van der Waals surface area (Å²) in [4.78, 5) is 11.3. The minimum absolute atomic E-state index is 0.482. The number of nitrogens with one attached hydrogen (secondary N) is 2. The van der Waals surface area contributed by atoms with Gasteiger partial charge >= 0.3 is 0 Å². The van der Waals surface area contributed by atoms with Crippen molar-refractivity contribution in [2.75, 3.05) is 16.3 Å². The summed E-state index contributed by atoms with van der Waals surface area (Å²) in [6.45, 7) is 0.482. The van der Waals surface area contributed by atoms with Crippen molar-refractivity contribution in [2.45, 2.75) is 32.2 Å². The second kappa shape index (κ2) is 6.85.